The van der Waals surface area contributed by atoms with Crippen LogP contribution in [0.1, 0.15) is 20.7 Å². The number of nitrogens with two attached hydrogens (primary N) is 2. The molecule has 0 unspecified atom stereocenters. The predicted molar refractivity (Wildman–Crippen MR) is 66.2 cm³/mol. The highest BCUT2D eigenvalue weighted by Crippen LogP contribution is 2.27. The second-order valence-electron chi connectivity index (χ2n) is 3.95. The topological polar surface area (TPSA) is 116 Å². The standard InChI is InChI=1S/C12H13N3O4/c13-4-5-19-6-9(16)15-11(17)7-2-1-3-8(14)10(7)12(15)18/h1-3H,4-6,13-14H2. The molecule has 100 valence electrons. The number of fused-ring (bicyclic) bond motifs is 1. The first-order valence-corrected chi connectivity index (χ1v) is 5.66. The monoisotopic (exact) mass is 263 g/mol. The minimum absolute atomic E-state index is 0.0691. The first-order valence-electron chi connectivity index (χ1n) is 5.66. The summed E-state index contributed by atoms with van der Waals surface area (Å²) in [6.45, 7) is 0.0575. The molecule has 0 radical (unpaired) electrons. The molecule has 0 aliphatic carbocycles. The van der Waals surface area contributed by atoms with E-state index in [0.717, 1.165) is 0 Å². The maximum Gasteiger partial charge on any atom is 0.270 e. The molecule has 7 heteroatoms. The third-order valence-electron chi connectivity index (χ3n) is 2.68. The third-order valence-corrected chi connectivity index (χ3v) is 2.68. The summed E-state index contributed by atoms with van der Waals surface area (Å²) in [7, 11) is 0. The van der Waals surface area contributed by atoms with Crippen molar-refractivity contribution in [2.75, 3.05) is 25.5 Å². The fourth-order valence-electron chi connectivity index (χ4n) is 1.85. The molecule has 0 saturated heterocycles. The zero-order valence-electron chi connectivity index (χ0n) is 10.1. The van der Waals surface area contributed by atoms with E-state index in [1.807, 2.05) is 0 Å². The lowest BCUT2D eigenvalue weighted by molar-refractivity contribution is -0.131. The van der Waals surface area contributed by atoms with Crippen LogP contribution in [0.2, 0.25) is 0 Å². The Kier molecular flexibility index (Phi) is 3.59. The van der Waals surface area contributed by atoms with Crippen molar-refractivity contribution >= 4 is 23.4 Å². The van der Waals surface area contributed by atoms with Crippen molar-refractivity contribution in [3.8, 4) is 0 Å². The number of nitrogens with zero attached hydrogens (tertiary/aromatic N) is 1. The van der Waals surface area contributed by atoms with Gasteiger partial charge in [0.2, 0.25) is 0 Å². The maximum atomic E-state index is 12.0. The molecule has 0 aromatic heterocycles. The molecule has 1 heterocycles. The number of rotatable bonds is 4. The molecular weight excluding hydrogens is 250 g/mol. The first-order chi connectivity index (χ1) is 9.07. The average molecular weight is 263 g/mol. The van der Waals surface area contributed by atoms with Crippen LogP contribution in [0.25, 0.3) is 0 Å². The van der Waals surface area contributed by atoms with Crippen molar-refractivity contribution in [3.63, 3.8) is 0 Å². The van der Waals surface area contributed by atoms with Crippen LogP contribution >= 0.6 is 0 Å². The van der Waals surface area contributed by atoms with Crippen LogP contribution in [0.5, 0.6) is 0 Å². The van der Waals surface area contributed by atoms with Crippen LogP contribution in [0, 0.1) is 0 Å². The summed E-state index contributed by atoms with van der Waals surface area (Å²) in [6.07, 6.45) is 0. The van der Waals surface area contributed by atoms with E-state index in [2.05, 4.69) is 0 Å². The zero-order valence-corrected chi connectivity index (χ0v) is 10.1. The van der Waals surface area contributed by atoms with E-state index in [0.29, 0.717) is 4.90 Å². The van der Waals surface area contributed by atoms with Gasteiger partial charge in [-0.25, -0.2) is 4.90 Å². The largest absolute Gasteiger partial charge is 0.398 e. The summed E-state index contributed by atoms with van der Waals surface area (Å²) in [5, 5.41) is 0. The number of anilines is 1. The molecule has 7 nitrogen and oxygen atoms in total. The molecule has 0 bridgehead atoms. The molecule has 1 aliphatic heterocycles. The fraction of sp³-hybridized carbons (Fsp3) is 0.250. The Morgan fingerprint density at radius 3 is 2.63 bits per heavy atom. The van der Waals surface area contributed by atoms with Crippen LogP contribution in [0.15, 0.2) is 18.2 Å². The van der Waals surface area contributed by atoms with Crippen LogP contribution in [0.3, 0.4) is 0 Å². The van der Waals surface area contributed by atoms with E-state index in [1.54, 1.807) is 6.07 Å². The van der Waals surface area contributed by atoms with E-state index < -0.39 is 17.7 Å². The Balaban J connectivity index is 2.23. The van der Waals surface area contributed by atoms with Crippen LogP contribution in [0.4, 0.5) is 5.69 Å². The van der Waals surface area contributed by atoms with E-state index in [1.165, 1.54) is 12.1 Å². The number of carbonyl (C=O) groups excluding carboxylic acids is 3. The Morgan fingerprint density at radius 1 is 1.26 bits per heavy atom. The molecule has 0 spiro atoms. The number of amides is 3. The van der Waals surface area contributed by atoms with Crippen molar-refractivity contribution in [3.05, 3.63) is 29.3 Å². The molecule has 19 heavy (non-hydrogen) atoms. The minimum atomic E-state index is -0.723. The van der Waals surface area contributed by atoms with Crippen molar-refractivity contribution in [1.29, 1.82) is 0 Å². The summed E-state index contributed by atoms with van der Waals surface area (Å²) < 4.78 is 4.93. The van der Waals surface area contributed by atoms with E-state index >= 15 is 0 Å². The number of imide groups is 3. The molecule has 3 amide bonds. The number of nitrogen functional groups attached to an aromatic ring is 1. The van der Waals surface area contributed by atoms with Gasteiger partial charge in [0, 0.05) is 12.2 Å². The lowest BCUT2D eigenvalue weighted by Gasteiger charge is -2.11. The van der Waals surface area contributed by atoms with Gasteiger partial charge in [-0.1, -0.05) is 6.07 Å². The molecule has 2 rings (SSSR count). The Hall–Kier alpha value is -2.25. The lowest BCUT2D eigenvalue weighted by atomic mass is 10.1. The number of ether oxygens (including phenoxy) is 1. The molecule has 1 aromatic carbocycles. The number of hydrogen-bond acceptors (Lipinski definition) is 6. The van der Waals surface area contributed by atoms with E-state index in [-0.39, 0.29) is 36.6 Å². The molecule has 1 aromatic rings. The van der Waals surface area contributed by atoms with Gasteiger partial charge in [-0.05, 0) is 12.1 Å². The van der Waals surface area contributed by atoms with Crippen LogP contribution < -0.4 is 11.5 Å². The summed E-state index contributed by atoms with van der Waals surface area (Å²) in [5.74, 6) is -2.10. The second-order valence-corrected chi connectivity index (χ2v) is 3.95. The van der Waals surface area contributed by atoms with Crippen LogP contribution in [-0.4, -0.2) is 42.4 Å². The highest BCUT2D eigenvalue weighted by Gasteiger charge is 2.40. The van der Waals surface area contributed by atoms with E-state index in [4.69, 9.17) is 16.2 Å². The Labute approximate surface area is 109 Å². The lowest BCUT2D eigenvalue weighted by Crippen LogP contribution is -2.39. The van der Waals surface area contributed by atoms with Crippen LogP contribution in [-0.2, 0) is 9.53 Å². The summed E-state index contributed by atoms with van der Waals surface area (Å²) in [5.41, 5.74) is 11.2. The Morgan fingerprint density at radius 2 is 2.00 bits per heavy atom. The van der Waals surface area contributed by atoms with Crippen molar-refractivity contribution in [2.45, 2.75) is 0 Å². The third kappa shape index (κ3) is 2.20. The van der Waals surface area contributed by atoms with Crippen molar-refractivity contribution in [1.82, 2.24) is 4.90 Å². The summed E-state index contributed by atoms with van der Waals surface area (Å²) in [6, 6.07) is 4.51. The van der Waals surface area contributed by atoms with Crippen molar-refractivity contribution < 1.29 is 19.1 Å². The molecule has 1 aliphatic rings. The maximum absolute atomic E-state index is 12.0. The normalized spacial score (nSPS) is 13.8. The SMILES string of the molecule is NCCOCC(=O)N1C(=O)c2cccc(N)c2C1=O. The number of carbonyl (C=O) groups is 3. The average Bonchev–Trinajstić information content (AvgIpc) is 2.63. The second kappa shape index (κ2) is 5.17. The smallest absolute Gasteiger partial charge is 0.270 e. The highest BCUT2D eigenvalue weighted by atomic mass is 16.5. The van der Waals surface area contributed by atoms with Gasteiger partial charge in [0.15, 0.2) is 0 Å². The molecule has 0 saturated carbocycles. The first kappa shape index (κ1) is 13.2. The van der Waals surface area contributed by atoms with Gasteiger partial charge in [0.25, 0.3) is 17.7 Å². The van der Waals surface area contributed by atoms with Gasteiger partial charge in [-0.3, -0.25) is 14.4 Å². The van der Waals surface area contributed by atoms with Gasteiger partial charge in [0.1, 0.15) is 6.61 Å². The predicted octanol–water partition coefficient (Wildman–Crippen LogP) is -0.633. The molecule has 0 atom stereocenters. The highest BCUT2D eigenvalue weighted by molar-refractivity contribution is 6.30. The minimum Gasteiger partial charge on any atom is -0.398 e. The summed E-state index contributed by atoms with van der Waals surface area (Å²) in [4.78, 5) is 36.4. The number of hydrogen-bond donors (Lipinski definition) is 2. The molecule has 0 fully saturated rings. The van der Waals surface area contributed by atoms with E-state index in [9.17, 15) is 14.4 Å². The molecular formula is C12H13N3O4. The summed E-state index contributed by atoms with van der Waals surface area (Å²) >= 11 is 0. The number of benzene rings is 1. The van der Waals surface area contributed by atoms with Gasteiger partial charge in [0.05, 0.1) is 17.7 Å². The van der Waals surface area contributed by atoms with Gasteiger partial charge in [-0.2, -0.15) is 0 Å². The van der Waals surface area contributed by atoms with Gasteiger partial charge >= 0.3 is 0 Å². The van der Waals surface area contributed by atoms with Gasteiger partial charge < -0.3 is 16.2 Å². The quantitative estimate of drug-likeness (QED) is 0.424. The van der Waals surface area contributed by atoms with Crippen molar-refractivity contribution in [2.24, 2.45) is 5.73 Å². The van der Waals surface area contributed by atoms with Gasteiger partial charge in [-0.15, -0.1) is 0 Å². The fourth-order valence-corrected chi connectivity index (χ4v) is 1.85. The molecule has 4 N–H and O–H groups in total. The zero-order chi connectivity index (χ0) is 14.0. The Bertz CT molecular complexity index is 556.